The molecule has 1 aromatic heterocycles. The lowest BCUT2D eigenvalue weighted by Gasteiger charge is -2.01. The number of aryl methyl sites for hydroxylation is 1. The van der Waals surface area contributed by atoms with Crippen LogP contribution in [0.1, 0.15) is 11.4 Å². The molecule has 4 nitrogen and oxygen atoms in total. The van der Waals surface area contributed by atoms with E-state index in [1.807, 2.05) is 25.3 Å². The normalized spacial score (nSPS) is 10.6. The van der Waals surface area contributed by atoms with E-state index in [1.54, 1.807) is 17.8 Å². The molecule has 0 saturated carbocycles. The molecular formula is C11H12N2O2S. The monoisotopic (exact) mass is 236 g/mol. The molecule has 0 atom stereocenters. The minimum absolute atomic E-state index is 0.196. The van der Waals surface area contributed by atoms with Crippen molar-refractivity contribution in [3.8, 4) is 17.2 Å². The summed E-state index contributed by atoms with van der Waals surface area (Å²) in [6.45, 7) is 1.83. The molecule has 84 valence electrons. The highest BCUT2D eigenvalue weighted by molar-refractivity contribution is 7.97. The van der Waals surface area contributed by atoms with Crippen LogP contribution in [0, 0.1) is 6.92 Å². The molecule has 0 bridgehead atoms. The van der Waals surface area contributed by atoms with Crippen molar-refractivity contribution in [1.82, 2.24) is 10.1 Å². The Kier molecular flexibility index (Phi) is 3.14. The molecule has 0 aliphatic heterocycles. The van der Waals surface area contributed by atoms with Crippen molar-refractivity contribution in [2.24, 2.45) is 0 Å². The Morgan fingerprint density at radius 3 is 3.00 bits per heavy atom. The number of para-hydroxylation sites is 1. The van der Waals surface area contributed by atoms with Gasteiger partial charge in [-0.3, -0.25) is 0 Å². The summed E-state index contributed by atoms with van der Waals surface area (Å²) in [5, 5.41) is 13.7. The smallest absolute Gasteiger partial charge is 0.261 e. The Morgan fingerprint density at radius 2 is 2.25 bits per heavy atom. The fourth-order valence-corrected chi connectivity index (χ4v) is 1.76. The van der Waals surface area contributed by atoms with E-state index in [2.05, 4.69) is 10.1 Å². The molecule has 0 radical (unpaired) electrons. The maximum atomic E-state index is 9.86. The van der Waals surface area contributed by atoms with Crippen LogP contribution in [-0.4, -0.2) is 21.5 Å². The number of thioether (sulfide) groups is 1. The minimum atomic E-state index is 0.196. The van der Waals surface area contributed by atoms with Crippen LogP contribution >= 0.6 is 11.8 Å². The highest BCUT2D eigenvalue weighted by Gasteiger charge is 2.13. The maximum absolute atomic E-state index is 9.86. The first-order valence-electron chi connectivity index (χ1n) is 4.83. The van der Waals surface area contributed by atoms with Crippen LogP contribution in [-0.2, 0) is 5.75 Å². The molecule has 1 aromatic carbocycles. The summed E-state index contributed by atoms with van der Waals surface area (Å²) in [5.41, 5.74) is 1.38. The second-order valence-corrected chi connectivity index (χ2v) is 4.29. The van der Waals surface area contributed by atoms with Gasteiger partial charge in [0.2, 0.25) is 0 Å². The lowest BCUT2D eigenvalue weighted by atomic mass is 10.1. The number of phenols is 1. The summed E-state index contributed by atoms with van der Waals surface area (Å²) < 4.78 is 5.10. The Labute approximate surface area is 97.7 Å². The van der Waals surface area contributed by atoms with E-state index in [0.29, 0.717) is 23.0 Å². The van der Waals surface area contributed by atoms with E-state index in [1.165, 1.54) is 0 Å². The Morgan fingerprint density at radius 1 is 1.44 bits per heavy atom. The molecule has 16 heavy (non-hydrogen) atoms. The van der Waals surface area contributed by atoms with Gasteiger partial charge in [0.25, 0.3) is 5.89 Å². The van der Waals surface area contributed by atoms with Crippen LogP contribution in [0.15, 0.2) is 22.7 Å². The Hall–Kier alpha value is -1.49. The molecule has 0 aliphatic carbocycles. The standard InChI is InChI=1S/C11H12N2O2S/c1-7-4-3-5-8(10(7)14)11-12-9(6-16-2)13-15-11/h3-5,14H,6H2,1-2H3. The maximum Gasteiger partial charge on any atom is 0.261 e. The number of phenolic OH excluding ortho intramolecular Hbond substituents is 1. The SMILES string of the molecule is CSCc1noc(-c2cccc(C)c2O)n1. The number of benzene rings is 1. The highest BCUT2D eigenvalue weighted by atomic mass is 32.2. The largest absolute Gasteiger partial charge is 0.507 e. The summed E-state index contributed by atoms with van der Waals surface area (Å²) in [6.07, 6.45) is 1.97. The number of hydrogen-bond donors (Lipinski definition) is 1. The minimum Gasteiger partial charge on any atom is -0.507 e. The van der Waals surface area contributed by atoms with Crippen molar-refractivity contribution in [2.75, 3.05) is 6.26 Å². The molecule has 2 rings (SSSR count). The van der Waals surface area contributed by atoms with Gasteiger partial charge in [0.15, 0.2) is 5.82 Å². The predicted molar refractivity (Wildman–Crippen MR) is 63.4 cm³/mol. The van der Waals surface area contributed by atoms with Gasteiger partial charge < -0.3 is 9.63 Å². The molecule has 0 saturated heterocycles. The second kappa shape index (κ2) is 4.57. The van der Waals surface area contributed by atoms with Crippen molar-refractivity contribution < 1.29 is 9.63 Å². The predicted octanol–water partition coefficient (Wildman–Crippen LogP) is 2.61. The van der Waals surface area contributed by atoms with Crippen LogP contribution in [0.25, 0.3) is 11.5 Å². The molecule has 0 unspecified atom stereocenters. The third-order valence-electron chi connectivity index (χ3n) is 2.21. The zero-order valence-corrected chi connectivity index (χ0v) is 9.91. The van der Waals surface area contributed by atoms with Gasteiger partial charge in [-0.15, -0.1) is 0 Å². The highest BCUT2D eigenvalue weighted by Crippen LogP contribution is 2.30. The first-order valence-corrected chi connectivity index (χ1v) is 6.22. The molecule has 0 spiro atoms. The van der Waals surface area contributed by atoms with Gasteiger partial charge in [0.1, 0.15) is 5.75 Å². The van der Waals surface area contributed by atoms with Crippen LogP contribution in [0.3, 0.4) is 0 Å². The lowest BCUT2D eigenvalue weighted by molar-refractivity contribution is 0.419. The molecule has 5 heteroatoms. The van der Waals surface area contributed by atoms with E-state index in [4.69, 9.17) is 4.52 Å². The number of aromatic nitrogens is 2. The lowest BCUT2D eigenvalue weighted by Crippen LogP contribution is -1.84. The van der Waals surface area contributed by atoms with Crippen molar-refractivity contribution in [3.05, 3.63) is 29.6 Å². The van der Waals surface area contributed by atoms with Crippen molar-refractivity contribution in [2.45, 2.75) is 12.7 Å². The topological polar surface area (TPSA) is 59.2 Å². The van der Waals surface area contributed by atoms with Gasteiger partial charge in [0.05, 0.1) is 11.3 Å². The first kappa shape index (κ1) is 11.0. The quantitative estimate of drug-likeness (QED) is 0.887. The number of nitrogens with zero attached hydrogens (tertiary/aromatic N) is 2. The summed E-state index contributed by atoms with van der Waals surface area (Å²) in [5.74, 6) is 1.91. The summed E-state index contributed by atoms with van der Waals surface area (Å²) in [7, 11) is 0. The number of hydrogen-bond acceptors (Lipinski definition) is 5. The third-order valence-corrected chi connectivity index (χ3v) is 2.76. The number of aromatic hydroxyl groups is 1. The second-order valence-electron chi connectivity index (χ2n) is 3.42. The first-order chi connectivity index (χ1) is 7.72. The van der Waals surface area contributed by atoms with Crippen molar-refractivity contribution >= 4 is 11.8 Å². The van der Waals surface area contributed by atoms with Crippen LogP contribution in [0.4, 0.5) is 0 Å². The molecule has 0 aliphatic rings. The Balaban J connectivity index is 2.39. The van der Waals surface area contributed by atoms with E-state index >= 15 is 0 Å². The molecule has 1 N–H and O–H groups in total. The number of rotatable bonds is 3. The Bertz CT molecular complexity index is 496. The summed E-state index contributed by atoms with van der Waals surface area (Å²) in [6, 6.07) is 5.44. The zero-order valence-electron chi connectivity index (χ0n) is 9.10. The average Bonchev–Trinajstić information content (AvgIpc) is 2.71. The molecule has 0 fully saturated rings. The molecule has 2 aromatic rings. The third kappa shape index (κ3) is 2.04. The fourth-order valence-electron chi connectivity index (χ4n) is 1.38. The zero-order chi connectivity index (χ0) is 11.5. The van der Waals surface area contributed by atoms with E-state index in [-0.39, 0.29) is 5.75 Å². The summed E-state index contributed by atoms with van der Waals surface area (Å²) in [4.78, 5) is 4.21. The van der Waals surface area contributed by atoms with Gasteiger partial charge in [0, 0.05) is 0 Å². The molecular weight excluding hydrogens is 224 g/mol. The van der Waals surface area contributed by atoms with E-state index in [0.717, 1.165) is 5.56 Å². The average molecular weight is 236 g/mol. The van der Waals surface area contributed by atoms with Gasteiger partial charge in [-0.2, -0.15) is 16.7 Å². The van der Waals surface area contributed by atoms with Gasteiger partial charge in [-0.25, -0.2) is 0 Å². The van der Waals surface area contributed by atoms with Crippen molar-refractivity contribution in [3.63, 3.8) is 0 Å². The molecule has 0 amide bonds. The van der Waals surface area contributed by atoms with Gasteiger partial charge in [-0.05, 0) is 24.8 Å². The van der Waals surface area contributed by atoms with E-state index in [9.17, 15) is 5.11 Å². The van der Waals surface area contributed by atoms with Crippen LogP contribution in [0.5, 0.6) is 5.75 Å². The van der Waals surface area contributed by atoms with Crippen LogP contribution in [0.2, 0.25) is 0 Å². The van der Waals surface area contributed by atoms with E-state index < -0.39 is 0 Å². The van der Waals surface area contributed by atoms with Crippen molar-refractivity contribution in [1.29, 1.82) is 0 Å². The summed E-state index contributed by atoms with van der Waals surface area (Å²) >= 11 is 1.62. The van der Waals surface area contributed by atoms with Crippen LogP contribution < -0.4 is 0 Å². The van der Waals surface area contributed by atoms with Gasteiger partial charge in [-0.1, -0.05) is 17.3 Å². The molecule has 1 heterocycles. The fraction of sp³-hybridized carbons (Fsp3) is 0.273. The van der Waals surface area contributed by atoms with Gasteiger partial charge >= 0.3 is 0 Å².